The molecule has 2 rings (SSSR count). The van der Waals surface area contributed by atoms with Crippen molar-refractivity contribution >= 4 is 5.91 Å². The lowest BCUT2D eigenvalue weighted by Gasteiger charge is -2.23. The van der Waals surface area contributed by atoms with Crippen LogP contribution in [0, 0.1) is 0 Å². The molecular weight excluding hydrogens is 300 g/mol. The molecule has 128 valence electrons. The van der Waals surface area contributed by atoms with Crippen LogP contribution in [0.2, 0.25) is 0 Å². The maximum atomic E-state index is 12.5. The third-order valence-corrected chi connectivity index (χ3v) is 3.98. The highest BCUT2D eigenvalue weighted by atomic mass is 16.5. The molecule has 0 aromatic heterocycles. The van der Waals surface area contributed by atoms with Gasteiger partial charge in [0.05, 0.1) is 7.11 Å². The molecule has 4 nitrogen and oxygen atoms in total. The van der Waals surface area contributed by atoms with E-state index in [0.29, 0.717) is 6.54 Å². The van der Waals surface area contributed by atoms with Crippen molar-refractivity contribution in [1.82, 2.24) is 10.2 Å². The normalized spacial score (nSPS) is 12.0. The van der Waals surface area contributed by atoms with Gasteiger partial charge in [0, 0.05) is 6.54 Å². The number of aryl methyl sites for hydroxylation is 1. The number of likely N-dealkylation sites (N-methyl/N-ethyl adjacent to an activating group) is 1. The van der Waals surface area contributed by atoms with E-state index in [4.69, 9.17) is 4.74 Å². The maximum absolute atomic E-state index is 12.5. The molecule has 0 spiro atoms. The molecule has 1 N–H and O–H groups in total. The minimum Gasteiger partial charge on any atom is -0.497 e. The van der Waals surface area contributed by atoms with Gasteiger partial charge >= 0.3 is 0 Å². The second-order valence-corrected chi connectivity index (χ2v) is 6.02. The first-order valence-electron chi connectivity index (χ1n) is 8.24. The van der Waals surface area contributed by atoms with Crippen molar-refractivity contribution in [2.45, 2.75) is 18.9 Å². The Morgan fingerprint density at radius 1 is 1.08 bits per heavy atom. The maximum Gasteiger partial charge on any atom is 0.241 e. The van der Waals surface area contributed by atoms with Gasteiger partial charge < -0.3 is 10.1 Å². The number of methoxy groups -OCH3 is 1. The number of nitrogens with zero attached hydrogens (tertiary/aromatic N) is 1. The van der Waals surface area contributed by atoms with Crippen LogP contribution in [0.25, 0.3) is 0 Å². The number of amides is 1. The van der Waals surface area contributed by atoms with Crippen molar-refractivity contribution in [3.8, 4) is 5.75 Å². The zero-order valence-corrected chi connectivity index (χ0v) is 14.7. The average Bonchev–Trinajstić information content (AvgIpc) is 2.60. The fraction of sp³-hybridized carbons (Fsp3) is 0.350. The van der Waals surface area contributed by atoms with Gasteiger partial charge in [0.1, 0.15) is 11.8 Å². The summed E-state index contributed by atoms with van der Waals surface area (Å²) >= 11 is 0. The van der Waals surface area contributed by atoms with E-state index in [2.05, 4.69) is 17.4 Å². The Morgan fingerprint density at radius 2 is 1.75 bits per heavy atom. The summed E-state index contributed by atoms with van der Waals surface area (Å²) < 4.78 is 5.16. The van der Waals surface area contributed by atoms with E-state index in [1.807, 2.05) is 61.5 Å². The molecule has 2 aromatic rings. The molecule has 0 radical (unpaired) electrons. The van der Waals surface area contributed by atoms with Gasteiger partial charge in [-0.15, -0.1) is 0 Å². The van der Waals surface area contributed by atoms with Crippen LogP contribution < -0.4 is 10.1 Å². The summed E-state index contributed by atoms with van der Waals surface area (Å²) in [5.41, 5.74) is 2.26. The van der Waals surface area contributed by atoms with Crippen LogP contribution >= 0.6 is 0 Å². The summed E-state index contributed by atoms with van der Waals surface area (Å²) in [5, 5.41) is 3.05. The van der Waals surface area contributed by atoms with Crippen LogP contribution in [0.1, 0.15) is 23.6 Å². The summed E-state index contributed by atoms with van der Waals surface area (Å²) in [6.07, 6.45) is 1.84. The monoisotopic (exact) mass is 326 g/mol. The van der Waals surface area contributed by atoms with E-state index < -0.39 is 0 Å². The van der Waals surface area contributed by atoms with Crippen molar-refractivity contribution in [2.75, 3.05) is 27.7 Å². The zero-order valence-electron chi connectivity index (χ0n) is 14.7. The Hall–Kier alpha value is -2.33. The van der Waals surface area contributed by atoms with Gasteiger partial charge in [-0.1, -0.05) is 42.5 Å². The first-order chi connectivity index (χ1) is 11.6. The van der Waals surface area contributed by atoms with Crippen LogP contribution in [-0.4, -0.2) is 38.6 Å². The van der Waals surface area contributed by atoms with E-state index >= 15 is 0 Å². The third-order valence-electron chi connectivity index (χ3n) is 3.98. The molecule has 2 aromatic carbocycles. The largest absolute Gasteiger partial charge is 0.497 e. The SMILES string of the molecule is COc1ccc(CCCNC(=O)C(c2ccccc2)N(C)C)cc1. The van der Waals surface area contributed by atoms with Crippen molar-refractivity contribution in [1.29, 1.82) is 0 Å². The number of nitrogens with one attached hydrogen (secondary N) is 1. The molecule has 4 heteroatoms. The van der Waals surface area contributed by atoms with Gasteiger partial charge in [0.25, 0.3) is 0 Å². The average molecular weight is 326 g/mol. The Balaban J connectivity index is 1.82. The quantitative estimate of drug-likeness (QED) is 0.758. The number of benzene rings is 2. The molecule has 1 unspecified atom stereocenters. The Bertz CT molecular complexity index is 624. The molecule has 0 heterocycles. The van der Waals surface area contributed by atoms with Gasteiger partial charge in [-0.2, -0.15) is 0 Å². The molecule has 1 amide bonds. The van der Waals surface area contributed by atoms with Crippen LogP contribution in [0.15, 0.2) is 54.6 Å². The minimum absolute atomic E-state index is 0.0425. The van der Waals surface area contributed by atoms with E-state index in [1.54, 1.807) is 7.11 Å². The summed E-state index contributed by atoms with van der Waals surface area (Å²) in [6, 6.07) is 17.7. The van der Waals surface area contributed by atoms with Gasteiger partial charge in [-0.3, -0.25) is 9.69 Å². The molecule has 1 atom stereocenters. The lowest BCUT2D eigenvalue weighted by Crippen LogP contribution is -2.37. The molecule has 0 aliphatic heterocycles. The van der Waals surface area contributed by atoms with Gasteiger partial charge in [-0.05, 0) is 50.2 Å². The summed E-state index contributed by atoms with van der Waals surface area (Å²) in [4.78, 5) is 14.4. The van der Waals surface area contributed by atoms with Gasteiger partial charge in [0.2, 0.25) is 5.91 Å². The topological polar surface area (TPSA) is 41.6 Å². The second-order valence-electron chi connectivity index (χ2n) is 6.02. The highest BCUT2D eigenvalue weighted by molar-refractivity contribution is 5.83. The lowest BCUT2D eigenvalue weighted by atomic mass is 10.1. The van der Waals surface area contributed by atoms with E-state index in [0.717, 1.165) is 24.2 Å². The van der Waals surface area contributed by atoms with E-state index in [-0.39, 0.29) is 11.9 Å². The summed E-state index contributed by atoms with van der Waals surface area (Å²) in [6.45, 7) is 0.669. The number of hydrogen-bond donors (Lipinski definition) is 1. The molecule has 0 bridgehead atoms. The number of rotatable bonds is 8. The standard InChI is InChI=1S/C20H26N2O2/c1-22(2)19(17-9-5-4-6-10-17)20(23)21-15-7-8-16-11-13-18(24-3)14-12-16/h4-6,9-14,19H,7-8,15H2,1-3H3,(H,21,23). The van der Waals surface area contributed by atoms with Crippen molar-refractivity contribution < 1.29 is 9.53 Å². The number of carbonyl (C=O) groups excluding carboxylic acids is 1. The van der Waals surface area contributed by atoms with Crippen LogP contribution in [-0.2, 0) is 11.2 Å². The Morgan fingerprint density at radius 3 is 2.33 bits per heavy atom. The molecule has 0 saturated heterocycles. The third kappa shape index (κ3) is 5.10. The number of carbonyl (C=O) groups is 1. The molecule has 0 aliphatic carbocycles. The van der Waals surface area contributed by atoms with Gasteiger partial charge in [0.15, 0.2) is 0 Å². The van der Waals surface area contributed by atoms with Crippen LogP contribution in [0.5, 0.6) is 5.75 Å². The predicted molar refractivity (Wildman–Crippen MR) is 97.2 cm³/mol. The van der Waals surface area contributed by atoms with Crippen molar-refractivity contribution in [3.05, 3.63) is 65.7 Å². The second kappa shape index (κ2) is 9.08. The smallest absolute Gasteiger partial charge is 0.241 e. The van der Waals surface area contributed by atoms with E-state index in [9.17, 15) is 4.79 Å². The number of hydrogen-bond acceptors (Lipinski definition) is 3. The minimum atomic E-state index is -0.257. The first kappa shape index (κ1) is 18.0. The highest BCUT2D eigenvalue weighted by Gasteiger charge is 2.21. The summed E-state index contributed by atoms with van der Waals surface area (Å²) in [5.74, 6) is 0.907. The zero-order chi connectivity index (χ0) is 17.4. The highest BCUT2D eigenvalue weighted by Crippen LogP contribution is 2.18. The molecule has 0 aliphatic rings. The Labute approximate surface area is 144 Å². The van der Waals surface area contributed by atoms with E-state index in [1.165, 1.54) is 5.56 Å². The molecular formula is C20H26N2O2. The number of ether oxygens (including phenoxy) is 1. The molecule has 24 heavy (non-hydrogen) atoms. The fourth-order valence-corrected chi connectivity index (χ4v) is 2.71. The summed E-state index contributed by atoms with van der Waals surface area (Å²) in [7, 11) is 5.52. The van der Waals surface area contributed by atoms with Gasteiger partial charge in [-0.25, -0.2) is 0 Å². The lowest BCUT2D eigenvalue weighted by molar-refractivity contribution is -0.125. The molecule has 0 saturated carbocycles. The first-order valence-corrected chi connectivity index (χ1v) is 8.24. The van der Waals surface area contributed by atoms with Crippen molar-refractivity contribution in [3.63, 3.8) is 0 Å². The van der Waals surface area contributed by atoms with Crippen molar-refractivity contribution in [2.24, 2.45) is 0 Å². The molecule has 0 fully saturated rings. The Kier molecular flexibility index (Phi) is 6.82. The van der Waals surface area contributed by atoms with Crippen LogP contribution in [0.3, 0.4) is 0 Å². The predicted octanol–water partition coefficient (Wildman–Crippen LogP) is 3.05. The fourth-order valence-electron chi connectivity index (χ4n) is 2.71. The van der Waals surface area contributed by atoms with Crippen LogP contribution in [0.4, 0.5) is 0 Å².